The van der Waals surface area contributed by atoms with Crippen LogP contribution in [0.2, 0.25) is 0 Å². The molecule has 4 heteroatoms. The summed E-state index contributed by atoms with van der Waals surface area (Å²) in [4.78, 5) is 12.3. The summed E-state index contributed by atoms with van der Waals surface area (Å²) in [7, 11) is 0. The van der Waals surface area contributed by atoms with Crippen molar-refractivity contribution in [2.24, 2.45) is 5.92 Å². The van der Waals surface area contributed by atoms with Gasteiger partial charge in [-0.25, -0.2) is 0 Å². The van der Waals surface area contributed by atoms with E-state index >= 15 is 0 Å². The number of carbonyl (C=O) groups is 1. The number of hydrogen-bond acceptors (Lipinski definition) is 2. The topological polar surface area (TPSA) is 38.3 Å². The standard InChI is InChI=1S/C15H18BrNO2/c1-9-6-11(8-12(16)7-9)15(18)17-13-4-5-19-14(13)10-2-3-10/h6-8,10,13-14H,2-5H2,1H3,(H,17,18). The van der Waals surface area contributed by atoms with Crippen LogP contribution in [-0.4, -0.2) is 24.7 Å². The lowest BCUT2D eigenvalue weighted by Crippen LogP contribution is -2.41. The molecule has 1 aromatic carbocycles. The number of nitrogens with one attached hydrogen (secondary N) is 1. The van der Waals surface area contributed by atoms with Gasteiger partial charge in [0.1, 0.15) is 0 Å². The molecule has 2 unspecified atom stereocenters. The molecule has 102 valence electrons. The smallest absolute Gasteiger partial charge is 0.251 e. The van der Waals surface area contributed by atoms with Gasteiger partial charge in [0.05, 0.1) is 12.1 Å². The highest BCUT2D eigenvalue weighted by Gasteiger charge is 2.41. The molecule has 1 saturated heterocycles. The van der Waals surface area contributed by atoms with Crippen molar-refractivity contribution >= 4 is 21.8 Å². The normalized spacial score (nSPS) is 26.4. The first-order valence-corrected chi connectivity index (χ1v) is 7.62. The van der Waals surface area contributed by atoms with Crippen molar-refractivity contribution in [3.05, 3.63) is 33.8 Å². The van der Waals surface area contributed by atoms with Gasteiger partial charge in [-0.15, -0.1) is 0 Å². The Morgan fingerprint density at radius 2 is 2.11 bits per heavy atom. The number of ether oxygens (including phenoxy) is 1. The van der Waals surface area contributed by atoms with Crippen LogP contribution in [0.25, 0.3) is 0 Å². The molecule has 1 aliphatic carbocycles. The van der Waals surface area contributed by atoms with E-state index in [-0.39, 0.29) is 18.1 Å². The predicted molar refractivity (Wildman–Crippen MR) is 77.2 cm³/mol. The summed E-state index contributed by atoms with van der Waals surface area (Å²) in [5.74, 6) is 0.669. The van der Waals surface area contributed by atoms with Gasteiger partial charge < -0.3 is 10.1 Å². The van der Waals surface area contributed by atoms with Gasteiger partial charge in [0.15, 0.2) is 0 Å². The van der Waals surface area contributed by atoms with Gasteiger partial charge >= 0.3 is 0 Å². The Kier molecular flexibility index (Phi) is 3.63. The third kappa shape index (κ3) is 3.00. The molecule has 0 spiro atoms. The number of amides is 1. The fourth-order valence-electron chi connectivity index (χ4n) is 2.77. The maximum absolute atomic E-state index is 12.3. The van der Waals surface area contributed by atoms with Crippen molar-refractivity contribution in [2.75, 3.05) is 6.61 Å². The molecule has 0 bridgehead atoms. The lowest BCUT2D eigenvalue weighted by Gasteiger charge is -2.19. The molecule has 1 amide bonds. The summed E-state index contributed by atoms with van der Waals surface area (Å²) >= 11 is 3.43. The monoisotopic (exact) mass is 323 g/mol. The van der Waals surface area contributed by atoms with E-state index in [1.165, 1.54) is 12.8 Å². The summed E-state index contributed by atoms with van der Waals surface area (Å²) in [5, 5.41) is 3.14. The van der Waals surface area contributed by atoms with Crippen molar-refractivity contribution in [1.82, 2.24) is 5.32 Å². The molecule has 2 fully saturated rings. The average Bonchev–Trinajstić information content (AvgIpc) is 3.09. The van der Waals surface area contributed by atoms with Crippen LogP contribution in [0.1, 0.15) is 35.2 Å². The van der Waals surface area contributed by atoms with Crippen LogP contribution in [0, 0.1) is 12.8 Å². The highest BCUT2D eigenvalue weighted by atomic mass is 79.9. The van der Waals surface area contributed by atoms with Gasteiger partial charge in [-0.2, -0.15) is 0 Å². The molecular weight excluding hydrogens is 306 g/mol. The number of aryl methyl sites for hydroxylation is 1. The van der Waals surface area contributed by atoms with Crippen LogP contribution in [0.15, 0.2) is 22.7 Å². The largest absolute Gasteiger partial charge is 0.376 e. The second-order valence-corrected chi connectivity index (χ2v) is 6.47. The molecule has 3 rings (SSSR count). The lowest BCUT2D eigenvalue weighted by molar-refractivity contribution is 0.0729. The maximum Gasteiger partial charge on any atom is 0.251 e. The number of benzene rings is 1. The Labute approximate surface area is 121 Å². The summed E-state index contributed by atoms with van der Waals surface area (Å²) in [6.07, 6.45) is 3.65. The van der Waals surface area contributed by atoms with Crippen molar-refractivity contribution in [3.63, 3.8) is 0 Å². The lowest BCUT2D eigenvalue weighted by atomic mass is 10.1. The number of rotatable bonds is 3. The molecule has 19 heavy (non-hydrogen) atoms. The van der Waals surface area contributed by atoms with Crippen molar-refractivity contribution in [2.45, 2.75) is 38.3 Å². The third-order valence-electron chi connectivity index (χ3n) is 3.84. The Balaban J connectivity index is 1.70. The fourth-order valence-corrected chi connectivity index (χ4v) is 3.38. The van der Waals surface area contributed by atoms with E-state index in [1.54, 1.807) is 0 Å². The number of halogens is 1. The van der Waals surface area contributed by atoms with Crippen molar-refractivity contribution in [3.8, 4) is 0 Å². The maximum atomic E-state index is 12.3. The van der Waals surface area contributed by atoms with E-state index in [4.69, 9.17) is 4.74 Å². The first-order chi connectivity index (χ1) is 9.13. The van der Waals surface area contributed by atoms with Crippen molar-refractivity contribution in [1.29, 1.82) is 0 Å². The highest BCUT2D eigenvalue weighted by molar-refractivity contribution is 9.10. The SMILES string of the molecule is Cc1cc(Br)cc(C(=O)NC2CCOC2C2CC2)c1. The Morgan fingerprint density at radius 1 is 1.32 bits per heavy atom. The number of hydrogen-bond donors (Lipinski definition) is 1. The first kappa shape index (κ1) is 13.1. The molecule has 1 N–H and O–H groups in total. The summed E-state index contributed by atoms with van der Waals surface area (Å²) in [6.45, 7) is 2.76. The molecular formula is C15H18BrNO2. The average molecular weight is 324 g/mol. The highest BCUT2D eigenvalue weighted by Crippen LogP contribution is 2.38. The van der Waals surface area contributed by atoms with E-state index < -0.39 is 0 Å². The van der Waals surface area contributed by atoms with Gasteiger partial charge in [-0.3, -0.25) is 4.79 Å². The van der Waals surface area contributed by atoms with E-state index in [0.29, 0.717) is 11.5 Å². The van der Waals surface area contributed by atoms with Gasteiger partial charge in [-0.05, 0) is 55.9 Å². The van der Waals surface area contributed by atoms with Crippen LogP contribution in [0.4, 0.5) is 0 Å². The van der Waals surface area contributed by atoms with Crippen LogP contribution in [-0.2, 0) is 4.74 Å². The Morgan fingerprint density at radius 3 is 2.79 bits per heavy atom. The quantitative estimate of drug-likeness (QED) is 0.928. The molecule has 2 atom stereocenters. The van der Waals surface area contributed by atoms with Crippen LogP contribution >= 0.6 is 15.9 Å². The second-order valence-electron chi connectivity index (χ2n) is 5.56. The minimum Gasteiger partial charge on any atom is -0.376 e. The van der Waals surface area contributed by atoms with E-state index in [0.717, 1.165) is 23.1 Å². The summed E-state index contributed by atoms with van der Waals surface area (Å²) in [5.41, 5.74) is 1.80. The predicted octanol–water partition coefficient (Wildman–Crippen LogP) is 3.05. The summed E-state index contributed by atoms with van der Waals surface area (Å²) < 4.78 is 6.69. The van der Waals surface area contributed by atoms with Crippen LogP contribution in [0.3, 0.4) is 0 Å². The molecule has 1 aliphatic heterocycles. The molecule has 1 aromatic rings. The summed E-state index contributed by atoms with van der Waals surface area (Å²) in [6, 6.07) is 5.97. The zero-order valence-corrected chi connectivity index (χ0v) is 12.6. The van der Waals surface area contributed by atoms with Crippen LogP contribution in [0.5, 0.6) is 0 Å². The Hall–Kier alpha value is -0.870. The zero-order chi connectivity index (χ0) is 13.4. The Bertz CT molecular complexity index is 479. The zero-order valence-electron chi connectivity index (χ0n) is 11.0. The fraction of sp³-hybridized carbons (Fsp3) is 0.533. The molecule has 2 aliphatic rings. The minimum atomic E-state index is 0.00514. The van der Waals surface area contributed by atoms with Crippen molar-refractivity contribution < 1.29 is 9.53 Å². The molecule has 1 saturated carbocycles. The third-order valence-corrected chi connectivity index (χ3v) is 4.30. The molecule has 0 radical (unpaired) electrons. The molecule has 3 nitrogen and oxygen atoms in total. The van der Waals surface area contributed by atoms with Gasteiger partial charge in [0, 0.05) is 16.6 Å². The first-order valence-electron chi connectivity index (χ1n) is 6.83. The van der Waals surface area contributed by atoms with E-state index in [1.807, 2.05) is 25.1 Å². The van der Waals surface area contributed by atoms with E-state index in [2.05, 4.69) is 21.2 Å². The van der Waals surface area contributed by atoms with Gasteiger partial charge in [0.2, 0.25) is 0 Å². The van der Waals surface area contributed by atoms with E-state index in [9.17, 15) is 4.79 Å². The molecule has 1 heterocycles. The second kappa shape index (κ2) is 5.25. The minimum absolute atomic E-state index is 0.00514. The van der Waals surface area contributed by atoms with Gasteiger partial charge in [0.25, 0.3) is 5.91 Å². The van der Waals surface area contributed by atoms with Gasteiger partial charge in [-0.1, -0.05) is 15.9 Å². The number of carbonyl (C=O) groups excluding carboxylic acids is 1. The van der Waals surface area contributed by atoms with Crippen LogP contribution < -0.4 is 5.32 Å². The molecule has 0 aromatic heterocycles.